The van der Waals surface area contributed by atoms with Crippen LogP contribution in [-0.2, 0) is 24.8 Å². The Morgan fingerprint density at radius 1 is 1.11 bits per heavy atom. The van der Waals surface area contributed by atoms with Crippen molar-refractivity contribution in [1.29, 1.82) is 0 Å². The van der Waals surface area contributed by atoms with Crippen LogP contribution in [0.2, 0.25) is 0 Å². The van der Waals surface area contributed by atoms with Gasteiger partial charge in [0.25, 0.3) is 0 Å². The maximum Gasteiger partial charge on any atom is 0.163 e. The zero-order valence-corrected chi connectivity index (χ0v) is 16.9. The van der Waals surface area contributed by atoms with E-state index in [0.29, 0.717) is 12.4 Å². The maximum atomic E-state index is 5.52. The molecule has 0 aliphatic carbocycles. The zero-order valence-electron chi connectivity index (χ0n) is 16.9. The number of hydrogen-bond donors (Lipinski definition) is 0. The summed E-state index contributed by atoms with van der Waals surface area (Å²) in [6.45, 7) is 3.39. The van der Waals surface area contributed by atoms with Gasteiger partial charge in [-0.15, -0.1) is 0 Å². The zero-order chi connectivity index (χ0) is 19.8. The molecule has 2 aromatic heterocycles. The largest absolute Gasteiger partial charge is 0.493 e. The molecule has 0 radical (unpaired) electrons. The van der Waals surface area contributed by atoms with Gasteiger partial charge in [-0.1, -0.05) is 0 Å². The first-order valence-corrected chi connectivity index (χ1v) is 9.26. The van der Waals surface area contributed by atoms with Crippen molar-refractivity contribution < 1.29 is 14.2 Å². The highest BCUT2D eigenvalue weighted by molar-refractivity contribution is 5.87. The van der Waals surface area contributed by atoms with Crippen LogP contribution in [0.4, 0.5) is 5.82 Å². The van der Waals surface area contributed by atoms with Crippen LogP contribution in [0.25, 0.3) is 11.0 Å². The van der Waals surface area contributed by atoms with E-state index in [1.165, 1.54) is 11.1 Å². The lowest BCUT2D eigenvalue weighted by molar-refractivity contribution is 0.178. The minimum absolute atomic E-state index is 0.122. The molecule has 0 fully saturated rings. The number of aromatic nitrogens is 4. The third-order valence-corrected chi connectivity index (χ3v) is 5.35. The minimum atomic E-state index is 0.122. The Kier molecular flexibility index (Phi) is 4.80. The number of fused-ring (bicyclic) bond motifs is 2. The topological polar surface area (TPSA) is 74.5 Å². The van der Waals surface area contributed by atoms with Crippen molar-refractivity contribution in [3.63, 3.8) is 0 Å². The first kappa shape index (κ1) is 18.5. The van der Waals surface area contributed by atoms with E-state index < -0.39 is 0 Å². The molecular formula is C20H25N5O3. The fraction of sp³-hybridized carbons (Fsp3) is 0.450. The van der Waals surface area contributed by atoms with Gasteiger partial charge in [-0.3, -0.25) is 4.68 Å². The van der Waals surface area contributed by atoms with Gasteiger partial charge in [0.1, 0.15) is 12.4 Å². The Morgan fingerprint density at radius 3 is 2.57 bits per heavy atom. The van der Waals surface area contributed by atoms with Gasteiger partial charge in [0.2, 0.25) is 0 Å². The Morgan fingerprint density at radius 2 is 1.86 bits per heavy atom. The normalized spacial score (nSPS) is 16.3. The lowest BCUT2D eigenvalue weighted by atomic mass is 9.92. The number of anilines is 1. The molecule has 1 aliphatic heterocycles. The predicted molar refractivity (Wildman–Crippen MR) is 106 cm³/mol. The molecule has 8 heteroatoms. The minimum Gasteiger partial charge on any atom is -0.493 e. The van der Waals surface area contributed by atoms with Gasteiger partial charge in [0, 0.05) is 20.7 Å². The molecule has 0 saturated heterocycles. The van der Waals surface area contributed by atoms with Crippen molar-refractivity contribution in [2.24, 2.45) is 7.05 Å². The van der Waals surface area contributed by atoms with Crippen LogP contribution in [0, 0.1) is 0 Å². The predicted octanol–water partition coefficient (Wildman–Crippen LogP) is 2.65. The summed E-state index contributed by atoms with van der Waals surface area (Å²) in [7, 11) is 6.87. The van der Waals surface area contributed by atoms with E-state index in [1.54, 1.807) is 26.0 Å². The SMILES string of the molecule is COCc1nc(N2CCc3cc(OC)c(OC)cc3[C@@H]2C)c2cnn(C)c2n1. The Labute approximate surface area is 164 Å². The van der Waals surface area contributed by atoms with Crippen molar-refractivity contribution in [1.82, 2.24) is 19.7 Å². The summed E-state index contributed by atoms with van der Waals surface area (Å²) in [5.41, 5.74) is 3.30. The van der Waals surface area contributed by atoms with Crippen LogP contribution in [0.5, 0.6) is 11.5 Å². The highest BCUT2D eigenvalue weighted by atomic mass is 16.5. The standard InChI is InChI=1S/C20H25N5O3/c1-12-14-9-17(28-5)16(27-4)8-13(14)6-7-25(12)20-15-10-21-24(2)19(15)22-18(23-20)11-26-3/h8-10,12H,6-7,11H2,1-5H3/t12-/m0/s1. The van der Waals surface area contributed by atoms with Crippen molar-refractivity contribution in [2.45, 2.75) is 26.0 Å². The van der Waals surface area contributed by atoms with E-state index in [4.69, 9.17) is 19.2 Å². The lowest BCUT2D eigenvalue weighted by Gasteiger charge is -2.37. The number of methoxy groups -OCH3 is 3. The van der Waals surface area contributed by atoms with E-state index in [0.717, 1.165) is 41.3 Å². The molecule has 0 bridgehead atoms. The molecule has 28 heavy (non-hydrogen) atoms. The smallest absolute Gasteiger partial charge is 0.163 e. The Bertz CT molecular complexity index is 1020. The van der Waals surface area contributed by atoms with Crippen LogP contribution < -0.4 is 14.4 Å². The summed E-state index contributed by atoms with van der Waals surface area (Å²) in [4.78, 5) is 11.7. The lowest BCUT2D eigenvalue weighted by Crippen LogP contribution is -2.35. The van der Waals surface area contributed by atoms with Crippen LogP contribution in [-0.4, -0.2) is 47.6 Å². The molecule has 1 aromatic carbocycles. The summed E-state index contributed by atoms with van der Waals surface area (Å²) in [5, 5.41) is 5.32. The van der Waals surface area contributed by atoms with Gasteiger partial charge < -0.3 is 19.1 Å². The molecule has 0 amide bonds. The molecule has 3 aromatic rings. The monoisotopic (exact) mass is 383 g/mol. The quantitative estimate of drug-likeness (QED) is 0.670. The maximum absolute atomic E-state index is 5.52. The highest BCUT2D eigenvalue weighted by Gasteiger charge is 2.29. The van der Waals surface area contributed by atoms with E-state index in [9.17, 15) is 0 Å². The van der Waals surface area contributed by atoms with Crippen LogP contribution in [0.3, 0.4) is 0 Å². The molecule has 8 nitrogen and oxygen atoms in total. The average molecular weight is 383 g/mol. The summed E-state index contributed by atoms with van der Waals surface area (Å²) in [6, 6.07) is 4.28. The highest BCUT2D eigenvalue weighted by Crippen LogP contribution is 2.40. The summed E-state index contributed by atoms with van der Waals surface area (Å²) in [5.74, 6) is 3.04. The number of nitrogens with zero attached hydrogens (tertiary/aromatic N) is 5. The van der Waals surface area contributed by atoms with Crippen molar-refractivity contribution in [3.05, 3.63) is 35.3 Å². The van der Waals surface area contributed by atoms with Gasteiger partial charge >= 0.3 is 0 Å². The van der Waals surface area contributed by atoms with Gasteiger partial charge in [0.05, 0.1) is 31.8 Å². The second-order valence-electron chi connectivity index (χ2n) is 6.93. The van der Waals surface area contributed by atoms with Gasteiger partial charge in [-0.25, -0.2) is 9.97 Å². The average Bonchev–Trinajstić information content (AvgIpc) is 3.08. The summed E-state index contributed by atoms with van der Waals surface area (Å²) in [6.07, 6.45) is 2.73. The molecule has 1 atom stereocenters. The van der Waals surface area contributed by atoms with Gasteiger partial charge in [0.15, 0.2) is 23.0 Å². The molecule has 0 saturated carbocycles. The first-order chi connectivity index (χ1) is 13.6. The molecule has 148 valence electrons. The molecular weight excluding hydrogens is 358 g/mol. The first-order valence-electron chi connectivity index (χ1n) is 9.26. The van der Waals surface area contributed by atoms with Crippen molar-refractivity contribution >= 4 is 16.9 Å². The van der Waals surface area contributed by atoms with Crippen molar-refractivity contribution in [2.75, 3.05) is 32.8 Å². The Hall–Kier alpha value is -2.87. The molecule has 0 unspecified atom stereocenters. The van der Waals surface area contributed by atoms with E-state index >= 15 is 0 Å². The third-order valence-electron chi connectivity index (χ3n) is 5.35. The van der Waals surface area contributed by atoms with E-state index in [1.807, 2.05) is 13.2 Å². The molecule has 0 spiro atoms. The Balaban J connectivity index is 1.81. The molecule has 3 heterocycles. The van der Waals surface area contributed by atoms with Gasteiger partial charge in [-0.05, 0) is 36.6 Å². The molecule has 1 aliphatic rings. The second kappa shape index (κ2) is 7.27. The fourth-order valence-corrected chi connectivity index (χ4v) is 3.90. The molecule has 4 rings (SSSR count). The van der Waals surface area contributed by atoms with Crippen molar-refractivity contribution in [3.8, 4) is 11.5 Å². The fourth-order valence-electron chi connectivity index (χ4n) is 3.90. The van der Waals surface area contributed by atoms with E-state index in [-0.39, 0.29) is 6.04 Å². The summed E-state index contributed by atoms with van der Waals surface area (Å²) >= 11 is 0. The second-order valence-corrected chi connectivity index (χ2v) is 6.93. The summed E-state index contributed by atoms with van der Waals surface area (Å²) < 4.78 is 18.0. The third kappa shape index (κ3) is 2.93. The number of rotatable bonds is 5. The van der Waals surface area contributed by atoms with Crippen LogP contribution in [0.15, 0.2) is 18.3 Å². The van der Waals surface area contributed by atoms with E-state index in [2.05, 4.69) is 34.0 Å². The number of aryl methyl sites for hydroxylation is 1. The molecule has 0 N–H and O–H groups in total. The van der Waals surface area contributed by atoms with Crippen LogP contribution in [0.1, 0.15) is 29.9 Å². The number of ether oxygens (including phenoxy) is 3. The van der Waals surface area contributed by atoms with Gasteiger partial charge in [-0.2, -0.15) is 5.10 Å². The number of benzene rings is 1. The van der Waals surface area contributed by atoms with Crippen LogP contribution >= 0.6 is 0 Å². The number of hydrogen-bond acceptors (Lipinski definition) is 7.